The minimum atomic E-state index is 0.0627. The number of hydrogen-bond donors (Lipinski definition) is 0. The summed E-state index contributed by atoms with van der Waals surface area (Å²) in [6.45, 7) is 9.01. The van der Waals surface area contributed by atoms with E-state index in [0.29, 0.717) is 5.56 Å². The Hall–Kier alpha value is -1.42. The van der Waals surface area contributed by atoms with Crippen molar-refractivity contribution in [1.82, 2.24) is 9.88 Å². The van der Waals surface area contributed by atoms with Gasteiger partial charge in [0.1, 0.15) is 5.82 Å². The molecule has 0 saturated carbocycles. The van der Waals surface area contributed by atoms with E-state index in [2.05, 4.69) is 35.7 Å². The summed E-state index contributed by atoms with van der Waals surface area (Å²) in [6.07, 6.45) is 1.67. The molecule has 98 valence electrons. The fourth-order valence-electron chi connectivity index (χ4n) is 2.22. The van der Waals surface area contributed by atoms with Gasteiger partial charge in [0.15, 0.2) is 5.78 Å². The average molecular weight is 247 g/mol. The van der Waals surface area contributed by atoms with Gasteiger partial charge in [-0.05, 0) is 40.0 Å². The number of piperazine rings is 1. The van der Waals surface area contributed by atoms with Crippen LogP contribution in [-0.2, 0) is 0 Å². The van der Waals surface area contributed by atoms with E-state index in [1.807, 2.05) is 12.1 Å². The molecule has 0 atom stereocenters. The Morgan fingerprint density at radius 1 is 1.33 bits per heavy atom. The van der Waals surface area contributed by atoms with E-state index in [0.717, 1.165) is 25.5 Å². The zero-order valence-corrected chi connectivity index (χ0v) is 11.6. The molecule has 0 amide bonds. The van der Waals surface area contributed by atoms with Gasteiger partial charge < -0.3 is 4.90 Å². The molecule has 1 aromatic heterocycles. The molecular formula is C14H21N3O. The highest BCUT2D eigenvalue weighted by molar-refractivity contribution is 5.93. The third-order valence-electron chi connectivity index (χ3n) is 3.79. The van der Waals surface area contributed by atoms with Crippen molar-refractivity contribution in [3.63, 3.8) is 0 Å². The molecule has 1 aliphatic rings. The van der Waals surface area contributed by atoms with Crippen LogP contribution in [0.5, 0.6) is 0 Å². The largest absolute Gasteiger partial charge is 0.354 e. The average Bonchev–Trinajstić information content (AvgIpc) is 2.33. The Morgan fingerprint density at radius 2 is 2.06 bits per heavy atom. The van der Waals surface area contributed by atoms with Crippen LogP contribution in [0.3, 0.4) is 0 Å². The molecule has 18 heavy (non-hydrogen) atoms. The normalized spacial score (nSPS) is 19.9. The minimum absolute atomic E-state index is 0.0627. The number of nitrogens with zero attached hydrogens (tertiary/aromatic N) is 3. The standard InChI is InChI=1S/C14H21N3O/c1-11(18)12-5-6-13(15-9-12)17-8-7-16(4)14(2,3)10-17/h5-6,9H,7-8,10H2,1-4H3. The SMILES string of the molecule is CC(=O)c1ccc(N2CCN(C)C(C)(C)C2)nc1. The molecule has 1 saturated heterocycles. The van der Waals surface area contributed by atoms with Crippen molar-refractivity contribution >= 4 is 11.6 Å². The van der Waals surface area contributed by atoms with Crippen molar-refractivity contribution in [2.45, 2.75) is 26.3 Å². The first-order valence-electron chi connectivity index (χ1n) is 6.33. The Balaban J connectivity index is 2.15. The third-order valence-corrected chi connectivity index (χ3v) is 3.79. The van der Waals surface area contributed by atoms with Gasteiger partial charge in [0.2, 0.25) is 0 Å². The molecule has 0 aliphatic carbocycles. The van der Waals surface area contributed by atoms with Crippen molar-refractivity contribution in [1.29, 1.82) is 0 Å². The summed E-state index contributed by atoms with van der Waals surface area (Å²) < 4.78 is 0. The summed E-state index contributed by atoms with van der Waals surface area (Å²) in [6, 6.07) is 3.80. The lowest BCUT2D eigenvalue weighted by Crippen LogP contribution is -2.57. The van der Waals surface area contributed by atoms with Crippen LogP contribution in [0.4, 0.5) is 5.82 Å². The number of ketones is 1. The molecule has 0 radical (unpaired) electrons. The van der Waals surface area contributed by atoms with Crippen molar-refractivity contribution < 1.29 is 4.79 Å². The van der Waals surface area contributed by atoms with E-state index in [-0.39, 0.29) is 11.3 Å². The van der Waals surface area contributed by atoms with Crippen LogP contribution in [0, 0.1) is 0 Å². The van der Waals surface area contributed by atoms with Crippen LogP contribution >= 0.6 is 0 Å². The molecule has 2 rings (SSSR count). The second-order valence-electron chi connectivity index (χ2n) is 5.62. The fourth-order valence-corrected chi connectivity index (χ4v) is 2.22. The maximum atomic E-state index is 11.2. The first-order chi connectivity index (χ1) is 8.40. The highest BCUT2D eigenvalue weighted by atomic mass is 16.1. The van der Waals surface area contributed by atoms with E-state index in [1.54, 1.807) is 13.1 Å². The van der Waals surface area contributed by atoms with Crippen molar-refractivity contribution in [2.24, 2.45) is 0 Å². The van der Waals surface area contributed by atoms with Crippen molar-refractivity contribution in [3.05, 3.63) is 23.9 Å². The molecular weight excluding hydrogens is 226 g/mol. The number of rotatable bonds is 2. The molecule has 1 aromatic rings. The van der Waals surface area contributed by atoms with Gasteiger partial charge in [-0.15, -0.1) is 0 Å². The van der Waals surface area contributed by atoms with Crippen LogP contribution in [0.2, 0.25) is 0 Å². The molecule has 4 heteroatoms. The van der Waals surface area contributed by atoms with Crippen LogP contribution in [-0.4, -0.2) is 47.9 Å². The predicted molar refractivity (Wildman–Crippen MR) is 73.2 cm³/mol. The Morgan fingerprint density at radius 3 is 2.56 bits per heavy atom. The second kappa shape index (κ2) is 4.69. The number of carbonyl (C=O) groups excluding carboxylic acids is 1. The number of anilines is 1. The summed E-state index contributed by atoms with van der Waals surface area (Å²) in [7, 11) is 2.16. The van der Waals surface area contributed by atoms with E-state index in [9.17, 15) is 4.79 Å². The minimum Gasteiger partial charge on any atom is -0.354 e. The topological polar surface area (TPSA) is 36.4 Å². The van der Waals surface area contributed by atoms with Gasteiger partial charge in [-0.2, -0.15) is 0 Å². The van der Waals surface area contributed by atoms with E-state index in [1.165, 1.54) is 0 Å². The van der Waals surface area contributed by atoms with Crippen LogP contribution in [0.1, 0.15) is 31.1 Å². The number of pyridine rings is 1. The lowest BCUT2D eigenvalue weighted by Gasteiger charge is -2.45. The van der Waals surface area contributed by atoms with Gasteiger partial charge in [0, 0.05) is 36.9 Å². The lowest BCUT2D eigenvalue weighted by atomic mass is 10.00. The molecule has 0 aromatic carbocycles. The Bertz CT molecular complexity index is 439. The van der Waals surface area contributed by atoms with Crippen molar-refractivity contribution in [2.75, 3.05) is 31.6 Å². The molecule has 1 aliphatic heterocycles. The summed E-state index contributed by atoms with van der Waals surface area (Å²) in [5, 5.41) is 0. The second-order valence-corrected chi connectivity index (χ2v) is 5.62. The van der Waals surface area contributed by atoms with Gasteiger partial charge in [-0.1, -0.05) is 0 Å². The van der Waals surface area contributed by atoms with E-state index in [4.69, 9.17) is 0 Å². The summed E-state index contributed by atoms with van der Waals surface area (Å²) in [5.74, 6) is 1.02. The monoisotopic (exact) mass is 247 g/mol. The summed E-state index contributed by atoms with van der Waals surface area (Å²) in [4.78, 5) is 20.3. The maximum Gasteiger partial charge on any atom is 0.161 e. The summed E-state index contributed by atoms with van der Waals surface area (Å²) in [5.41, 5.74) is 0.825. The number of Topliss-reactive ketones (excluding diaryl/α,β-unsaturated/α-hetero) is 1. The van der Waals surface area contributed by atoms with Crippen LogP contribution in [0.15, 0.2) is 18.3 Å². The van der Waals surface area contributed by atoms with Crippen LogP contribution in [0.25, 0.3) is 0 Å². The van der Waals surface area contributed by atoms with Gasteiger partial charge in [-0.3, -0.25) is 9.69 Å². The zero-order chi connectivity index (χ0) is 13.3. The van der Waals surface area contributed by atoms with Crippen molar-refractivity contribution in [3.8, 4) is 0 Å². The Kier molecular flexibility index (Phi) is 3.39. The van der Waals surface area contributed by atoms with Gasteiger partial charge in [0.05, 0.1) is 0 Å². The Labute approximate surface area is 109 Å². The number of aromatic nitrogens is 1. The number of carbonyl (C=O) groups is 1. The first kappa shape index (κ1) is 13.0. The molecule has 4 nitrogen and oxygen atoms in total. The number of hydrogen-bond acceptors (Lipinski definition) is 4. The predicted octanol–water partition coefficient (Wildman–Crippen LogP) is 1.81. The lowest BCUT2D eigenvalue weighted by molar-refractivity contribution is 0.101. The first-order valence-corrected chi connectivity index (χ1v) is 6.33. The molecule has 0 bridgehead atoms. The molecule has 0 unspecified atom stereocenters. The van der Waals surface area contributed by atoms with E-state index < -0.39 is 0 Å². The van der Waals surface area contributed by atoms with Crippen LogP contribution < -0.4 is 4.90 Å². The summed E-state index contributed by atoms with van der Waals surface area (Å²) >= 11 is 0. The molecule has 0 N–H and O–H groups in total. The van der Waals surface area contributed by atoms with E-state index >= 15 is 0 Å². The quantitative estimate of drug-likeness (QED) is 0.747. The fraction of sp³-hybridized carbons (Fsp3) is 0.571. The highest BCUT2D eigenvalue weighted by Gasteiger charge is 2.31. The zero-order valence-electron chi connectivity index (χ0n) is 11.6. The number of likely N-dealkylation sites (N-methyl/N-ethyl adjacent to an activating group) is 1. The van der Waals surface area contributed by atoms with Gasteiger partial charge in [-0.25, -0.2) is 4.98 Å². The highest BCUT2D eigenvalue weighted by Crippen LogP contribution is 2.23. The molecule has 0 spiro atoms. The maximum absolute atomic E-state index is 11.2. The molecule has 2 heterocycles. The third kappa shape index (κ3) is 2.53. The molecule has 1 fully saturated rings. The smallest absolute Gasteiger partial charge is 0.161 e. The van der Waals surface area contributed by atoms with Gasteiger partial charge >= 0.3 is 0 Å². The van der Waals surface area contributed by atoms with Gasteiger partial charge in [0.25, 0.3) is 0 Å².